The molecule has 7 heteroatoms. The van der Waals surface area contributed by atoms with Gasteiger partial charge in [0.15, 0.2) is 0 Å². The standard InChI is InChI=1S/C31H38N2O5/c1-20-18-23-19-22(8-11-25(23)38-20)28(34)26-27(21-6-9-24(10-7-21)31(2,3)4)33(30(36)29(26)35)13-5-12-32-14-16-37-17-15-32/h6-11,19-20,27,34H,5,12-18H2,1-4H3/t20-,27-/m0/s1. The summed E-state index contributed by atoms with van der Waals surface area (Å²) in [6, 6.07) is 12.9. The zero-order valence-corrected chi connectivity index (χ0v) is 22.8. The maximum absolute atomic E-state index is 13.4. The molecule has 2 aromatic rings. The average molecular weight is 519 g/mol. The second-order valence-electron chi connectivity index (χ2n) is 11.6. The van der Waals surface area contributed by atoms with E-state index in [0.29, 0.717) is 12.1 Å². The molecule has 2 atom stereocenters. The third-order valence-electron chi connectivity index (χ3n) is 7.78. The number of Topliss-reactive ketones (excluding diaryl/α,β-unsaturated/α-hetero) is 1. The lowest BCUT2D eigenvalue weighted by Crippen LogP contribution is -2.39. The molecule has 1 amide bonds. The SMILES string of the molecule is C[C@H]1Cc2cc(C(O)=C3C(=O)C(=O)N(CCCN4CCOCC4)[C@H]3c3ccc(C(C)(C)C)cc3)ccc2O1. The molecule has 202 valence electrons. The first-order chi connectivity index (χ1) is 18.1. The maximum atomic E-state index is 13.4. The highest BCUT2D eigenvalue weighted by atomic mass is 16.5. The number of aliphatic hydroxyl groups is 1. The van der Waals surface area contributed by atoms with Crippen molar-refractivity contribution in [3.05, 3.63) is 70.3 Å². The van der Waals surface area contributed by atoms with Gasteiger partial charge in [0.25, 0.3) is 11.7 Å². The Morgan fingerprint density at radius 2 is 1.74 bits per heavy atom. The number of nitrogens with zero attached hydrogens (tertiary/aromatic N) is 2. The fraction of sp³-hybridized carbons (Fsp3) is 0.484. The van der Waals surface area contributed by atoms with Gasteiger partial charge in [-0.1, -0.05) is 45.0 Å². The highest BCUT2D eigenvalue weighted by Gasteiger charge is 2.46. The van der Waals surface area contributed by atoms with Crippen molar-refractivity contribution in [3.63, 3.8) is 0 Å². The predicted octanol–water partition coefficient (Wildman–Crippen LogP) is 4.45. The molecule has 0 unspecified atom stereocenters. The minimum absolute atomic E-state index is 0.0257. The first-order valence-corrected chi connectivity index (χ1v) is 13.6. The van der Waals surface area contributed by atoms with Gasteiger partial charge in [0, 0.05) is 38.2 Å². The number of amides is 1. The van der Waals surface area contributed by atoms with Gasteiger partial charge < -0.3 is 19.5 Å². The molecule has 7 nitrogen and oxygen atoms in total. The van der Waals surface area contributed by atoms with Crippen LogP contribution in [0.1, 0.15) is 62.4 Å². The van der Waals surface area contributed by atoms with Gasteiger partial charge >= 0.3 is 0 Å². The molecule has 3 aliphatic rings. The zero-order chi connectivity index (χ0) is 27.0. The van der Waals surface area contributed by atoms with Gasteiger partial charge in [-0.2, -0.15) is 0 Å². The van der Waals surface area contributed by atoms with Crippen molar-refractivity contribution in [2.75, 3.05) is 39.4 Å². The highest BCUT2D eigenvalue weighted by Crippen LogP contribution is 2.41. The van der Waals surface area contributed by atoms with Crippen molar-refractivity contribution in [3.8, 4) is 5.75 Å². The fourth-order valence-electron chi connectivity index (χ4n) is 5.64. The first kappa shape index (κ1) is 26.4. The van der Waals surface area contributed by atoms with Crippen LogP contribution >= 0.6 is 0 Å². The summed E-state index contributed by atoms with van der Waals surface area (Å²) in [5.74, 6) is -0.529. The van der Waals surface area contributed by atoms with Crippen molar-refractivity contribution < 1.29 is 24.2 Å². The summed E-state index contributed by atoms with van der Waals surface area (Å²) in [6.07, 6.45) is 1.54. The van der Waals surface area contributed by atoms with Gasteiger partial charge in [-0.3, -0.25) is 14.5 Å². The number of rotatable bonds is 6. The molecule has 2 saturated heterocycles. The Morgan fingerprint density at radius 1 is 1.03 bits per heavy atom. The molecule has 3 heterocycles. The topological polar surface area (TPSA) is 79.3 Å². The summed E-state index contributed by atoms with van der Waals surface area (Å²) in [7, 11) is 0. The highest BCUT2D eigenvalue weighted by molar-refractivity contribution is 6.46. The van der Waals surface area contributed by atoms with Crippen molar-refractivity contribution in [1.29, 1.82) is 0 Å². The number of morpholine rings is 1. The van der Waals surface area contributed by atoms with Crippen LogP contribution in [-0.4, -0.2) is 72.1 Å². The monoisotopic (exact) mass is 518 g/mol. The summed E-state index contributed by atoms with van der Waals surface area (Å²) in [5.41, 5.74) is 3.64. The van der Waals surface area contributed by atoms with Crippen LogP contribution in [0.4, 0.5) is 0 Å². The molecule has 38 heavy (non-hydrogen) atoms. The van der Waals surface area contributed by atoms with E-state index in [4.69, 9.17) is 9.47 Å². The van der Waals surface area contributed by atoms with Crippen LogP contribution in [0.2, 0.25) is 0 Å². The summed E-state index contributed by atoms with van der Waals surface area (Å²) < 4.78 is 11.2. The van der Waals surface area contributed by atoms with E-state index in [-0.39, 0.29) is 22.9 Å². The fourth-order valence-corrected chi connectivity index (χ4v) is 5.64. The van der Waals surface area contributed by atoms with E-state index in [1.165, 1.54) is 5.56 Å². The molecule has 0 saturated carbocycles. The molecule has 0 radical (unpaired) electrons. The normalized spacial score (nSPS) is 23.5. The van der Waals surface area contributed by atoms with E-state index in [0.717, 1.165) is 62.6 Å². The van der Waals surface area contributed by atoms with Crippen LogP contribution < -0.4 is 4.74 Å². The number of ether oxygens (including phenoxy) is 2. The molecule has 2 fully saturated rings. The second kappa shape index (κ2) is 10.5. The lowest BCUT2D eigenvalue weighted by atomic mass is 9.85. The van der Waals surface area contributed by atoms with E-state index >= 15 is 0 Å². The third kappa shape index (κ3) is 5.22. The number of likely N-dealkylation sites (tertiary alicyclic amines) is 1. The molecule has 3 aliphatic heterocycles. The van der Waals surface area contributed by atoms with E-state index in [9.17, 15) is 14.7 Å². The molecule has 0 aromatic heterocycles. The van der Waals surface area contributed by atoms with Crippen LogP contribution in [-0.2, 0) is 26.2 Å². The van der Waals surface area contributed by atoms with Crippen LogP contribution in [0, 0.1) is 0 Å². The molecule has 2 aromatic carbocycles. The molecular formula is C31H38N2O5. The predicted molar refractivity (Wildman–Crippen MR) is 146 cm³/mol. The van der Waals surface area contributed by atoms with E-state index in [1.807, 2.05) is 31.2 Å². The summed E-state index contributed by atoms with van der Waals surface area (Å²) in [4.78, 5) is 30.7. The number of carbonyl (C=O) groups is 2. The number of hydrogen-bond acceptors (Lipinski definition) is 6. The van der Waals surface area contributed by atoms with Crippen LogP contribution in [0.5, 0.6) is 5.75 Å². The van der Waals surface area contributed by atoms with Gasteiger partial charge in [-0.15, -0.1) is 0 Å². The number of fused-ring (bicyclic) bond motifs is 1. The summed E-state index contributed by atoms with van der Waals surface area (Å²) in [5, 5.41) is 11.5. The summed E-state index contributed by atoms with van der Waals surface area (Å²) >= 11 is 0. The van der Waals surface area contributed by atoms with Crippen molar-refractivity contribution in [2.45, 2.75) is 58.1 Å². The maximum Gasteiger partial charge on any atom is 0.295 e. The van der Waals surface area contributed by atoms with Crippen molar-refractivity contribution in [1.82, 2.24) is 9.80 Å². The zero-order valence-electron chi connectivity index (χ0n) is 22.8. The minimum atomic E-state index is -0.642. The molecule has 5 rings (SSSR count). The Morgan fingerprint density at radius 3 is 2.42 bits per heavy atom. The Balaban J connectivity index is 1.50. The number of benzene rings is 2. The smallest absolute Gasteiger partial charge is 0.295 e. The second-order valence-corrected chi connectivity index (χ2v) is 11.6. The molecule has 0 spiro atoms. The van der Waals surface area contributed by atoms with Crippen molar-refractivity contribution in [2.24, 2.45) is 0 Å². The van der Waals surface area contributed by atoms with Gasteiger partial charge in [-0.25, -0.2) is 0 Å². The Kier molecular flexibility index (Phi) is 7.34. The Hall–Kier alpha value is -3.16. The first-order valence-electron chi connectivity index (χ1n) is 13.6. The van der Waals surface area contributed by atoms with Gasteiger partial charge in [0.2, 0.25) is 0 Å². The molecular weight excluding hydrogens is 480 g/mol. The van der Waals surface area contributed by atoms with Crippen LogP contribution in [0.15, 0.2) is 48.0 Å². The van der Waals surface area contributed by atoms with E-state index in [2.05, 4.69) is 37.8 Å². The minimum Gasteiger partial charge on any atom is -0.507 e. The average Bonchev–Trinajstić information content (AvgIpc) is 3.39. The number of aliphatic hydroxyl groups excluding tert-OH is 1. The van der Waals surface area contributed by atoms with Crippen LogP contribution in [0.25, 0.3) is 5.76 Å². The largest absolute Gasteiger partial charge is 0.507 e. The van der Waals surface area contributed by atoms with E-state index < -0.39 is 17.7 Å². The van der Waals surface area contributed by atoms with Gasteiger partial charge in [0.05, 0.1) is 24.8 Å². The van der Waals surface area contributed by atoms with E-state index in [1.54, 1.807) is 11.0 Å². The van der Waals surface area contributed by atoms with Crippen molar-refractivity contribution >= 4 is 17.4 Å². The number of hydrogen-bond donors (Lipinski definition) is 1. The molecule has 1 N–H and O–H groups in total. The number of carbonyl (C=O) groups excluding carboxylic acids is 2. The lowest BCUT2D eigenvalue weighted by Gasteiger charge is -2.29. The molecule has 0 aliphatic carbocycles. The third-order valence-corrected chi connectivity index (χ3v) is 7.78. The van der Waals surface area contributed by atoms with Crippen LogP contribution in [0.3, 0.4) is 0 Å². The van der Waals surface area contributed by atoms with Gasteiger partial charge in [-0.05, 0) is 53.6 Å². The van der Waals surface area contributed by atoms with Gasteiger partial charge in [0.1, 0.15) is 17.6 Å². The quantitative estimate of drug-likeness (QED) is 0.346. The number of ketones is 1. The summed E-state index contributed by atoms with van der Waals surface area (Å²) in [6.45, 7) is 12.9. The lowest BCUT2D eigenvalue weighted by molar-refractivity contribution is -0.140. The Bertz CT molecular complexity index is 1240. The Labute approximate surface area is 225 Å². The molecule has 0 bridgehead atoms.